The first-order valence-electron chi connectivity index (χ1n) is 8.85. The highest BCUT2D eigenvalue weighted by Gasteiger charge is 2.17. The van der Waals surface area contributed by atoms with Gasteiger partial charge in [-0.05, 0) is 36.8 Å². The monoisotopic (exact) mass is 350 g/mol. The lowest BCUT2D eigenvalue weighted by molar-refractivity contribution is 0.122. The van der Waals surface area contributed by atoms with Crippen molar-refractivity contribution in [2.45, 2.75) is 13.0 Å². The van der Waals surface area contributed by atoms with Crippen molar-refractivity contribution >= 4 is 28.4 Å². The molecule has 0 saturated carbocycles. The number of benzene rings is 2. The van der Waals surface area contributed by atoms with E-state index in [2.05, 4.69) is 21.3 Å². The lowest BCUT2D eigenvalue weighted by Gasteiger charge is -2.29. The highest BCUT2D eigenvalue weighted by molar-refractivity contribution is 5.90. The van der Waals surface area contributed by atoms with Gasteiger partial charge in [0.25, 0.3) is 0 Å². The van der Waals surface area contributed by atoms with Gasteiger partial charge in [-0.1, -0.05) is 24.3 Å². The Morgan fingerprint density at radius 3 is 2.69 bits per heavy atom. The summed E-state index contributed by atoms with van der Waals surface area (Å²) in [6.07, 6.45) is -0.516. The number of hydrogen-bond donors (Lipinski definition) is 2. The van der Waals surface area contributed by atoms with Gasteiger partial charge in [-0.25, -0.2) is 4.98 Å². The summed E-state index contributed by atoms with van der Waals surface area (Å²) in [5.74, 6) is 1.47. The Labute approximate surface area is 152 Å². The van der Waals surface area contributed by atoms with Crippen molar-refractivity contribution in [3.8, 4) is 0 Å². The van der Waals surface area contributed by atoms with Gasteiger partial charge < -0.3 is 20.1 Å². The number of anilines is 3. The topological polar surface area (TPSA) is 70.5 Å². The van der Waals surface area contributed by atoms with E-state index in [0.29, 0.717) is 19.2 Å². The van der Waals surface area contributed by atoms with E-state index >= 15 is 0 Å². The molecule has 134 valence electrons. The van der Waals surface area contributed by atoms with Crippen LogP contribution in [0.5, 0.6) is 0 Å². The van der Waals surface area contributed by atoms with E-state index in [1.165, 1.54) is 0 Å². The highest BCUT2D eigenvalue weighted by atomic mass is 16.5. The van der Waals surface area contributed by atoms with Gasteiger partial charge in [-0.2, -0.15) is 4.98 Å². The first-order chi connectivity index (χ1) is 12.7. The van der Waals surface area contributed by atoms with Crippen molar-refractivity contribution in [3.63, 3.8) is 0 Å². The second-order valence-electron chi connectivity index (χ2n) is 6.41. The first kappa shape index (κ1) is 16.8. The zero-order valence-electron chi connectivity index (χ0n) is 14.7. The molecule has 1 unspecified atom stereocenters. The van der Waals surface area contributed by atoms with Gasteiger partial charge in [0.1, 0.15) is 5.82 Å². The Morgan fingerprint density at radius 2 is 1.88 bits per heavy atom. The molecule has 0 aliphatic carbocycles. The summed E-state index contributed by atoms with van der Waals surface area (Å²) in [6, 6.07) is 15.7. The molecule has 1 atom stereocenters. The Morgan fingerprint density at radius 1 is 1.08 bits per heavy atom. The number of ether oxygens (including phenoxy) is 1. The molecule has 1 aliphatic heterocycles. The standard InChI is InChI=1S/C20H22N4O2/c1-14(25)15-5-4-6-16(13-15)21-20-22-18-8-3-2-7-17(18)19(23-20)24-9-11-26-12-10-24/h2-8,13-14,25H,9-12H2,1H3,(H,21,22,23). The van der Waals surface area contributed by atoms with Gasteiger partial charge >= 0.3 is 0 Å². The molecular formula is C20H22N4O2. The van der Waals surface area contributed by atoms with Crippen molar-refractivity contribution < 1.29 is 9.84 Å². The van der Waals surface area contributed by atoms with Crippen LogP contribution in [0.15, 0.2) is 48.5 Å². The van der Waals surface area contributed by atoms with E-state index in [1.807, 2.05) is 42.5 Å². The van der Waals surface area contributed by atoms with E-state index in [4.69, 9.17) is 9.72 Å². The van der Waals surface area contributed by atoms with Crippen molar-refractivity contribution in [1.29, 1.82) is 0 Å². The molecular weight excluding hydrogens is 328 g/mol. The van der Waals surface area contributed by atoms with E-state index < -0.39 is 6.10 Å². The highest BCUT2D eigenvalue weighted by Crippen LogP contribution is 2.27. The summed E-state index contributed by atoms with van der Waals surface area (Å²) in [5.41, 5.74) is 2.61. The maximum absolute atomic E-state index is 9.79. The largest absolute Gasteiger partial charge is 0.389 e. The molecule has 1 aliphatic rings. The van der Waals surface area contributed by atoms with Crippen molar-refractivity contribution in [3.05, 3.63) is 54.1 Å². The van der Waals surface area contributed by atoms with Crippen LogP contribution in [0.1, 0.15) is 18.6 Å². The molecule has 1 fully saturated rings. The van der Waals surface area contributed by atoms with Crippen LogP contribution in [-0.2, 0) is 4.74 Å². The van der Waals surface area contributed by atoms with Gasteiger partial charge in [0.2, 0.25) is 5.95 Å². The van der Waals surface area contributed by atoms with Crippen LogP contribution in [0.4, 0.5) is 17.5 Å². The Bertz CT molecular complexity index is 907. The van der Waals surface area contributed by atoms with E-state index in [-0.39, 0.29) is 0 Å². The fraction of sp³-hybridized carbons (Fsp3) is 0.300. The minimum Gasteiger partial charge on any atom is -0.389 e. The second-order valence-corrected chi connectivity index (χ2v) is 6.41. The van der Waals surface area contributed by atoms with Gasteiger partial charge in [0, 0.05) is 24.2 Å². The molecule has 0 radical (unpaired) electrons. The average Bonchev–Trinajstić information content (AvgIpc) is 2.68. The van der Waals surface area contributed by atoms with E-state index in [9.17, 15) is 5.11 Å². The third-order valence-electron chi connectivity index (χ3n) is 4.52. The molecule has 4 rings (SSSR count). The van der Waals surface area contributed by atoms with Crippen LogP contribution >= 0.6 is 0 Å². The molecule has 1 saturated heterocycles. The van der Waals surface area contributed by atoms with Gasteiger partial charge in [0.05, 0.1) is 24.8 Å². The second kappa shape index (κ2) is 7.27. The number of rotatable bonds is 4. The number of para-hydroxylation sites is 1. The predicted molar refractivity (Wildman–Crippen MR) is 103 cm³/mol. The van der Waals surface area contributed by atoms with Crippen LogP contribution in [0.25, 0.3) is 10.9 Å². The Balaban J connectivity index is 1.72. The average molecular weight is 350 g/mol. The minimum atomic E-state index is -0.516. The van der Waals surface area contributed by atoms with Crippen LogP contribution in [0, 0.1) is 0 Å². The fourth-order valence-electron chi connectivity index (χ4n) is 3.14. The van der Waals surface area contributed by atoms with Crippen LogP contribution < -0.4 is 10.2 Å². The third-order valence-corrected chi connectivity index (χ3v) is 4.52. The van der Waals surface area contributed by atoms with Crippen LogP contribution in [0.3, 0.4) is 0 Å². The number of hydrogen-bond acceptors (Lipinski definition) is 6. The molecule has 6 nitrogen and oxygen atoms in total. The molecule has 26 heavy (non-hydrogen) atoms. The molecule has 6 heteroatoms. The van der Waals surface area contributed by atoms with Crippen molar-refractivity contribution in [2.75, 3.05) is 36.5 Å². The maximum Gasteiger partial charge on any atom is 0.229 e. The molecule has 0 amide bonds. The van der Waals surface area contributed by atoms with Crippen LogP contribution in [-0.4, -0.2) is 41.4 Å². The molecule has 2 aromatic carbocycles. The summed E-state index contributed by atoms with van der Waals surface area (Å²) < 4.78 is 5.47. The number of nitrogens with one attached hydrogen (secondary N) is 1. The quantitative estimate of drug-likeness (QED) is 0.753. The Kier molecular flexibility index (Phi) is 4.69. The number of aliphatic hydroxyl groups excluding tert-OH is 1. The van der Waals surface area contributed by atoms with Gasteiger partial charge in [-0.15, -0.1) is 0 Å². The minimum absolute atomic E-state index is 0.516. The number of nitrogens with zero attached hydrogens (tertiary/aromatic N) is 3. The molecule has 2 heterocycles. The Hall–Kier alpha value is -2.70. The van der Waals surface area contributed by atoms with Gasteiger partial charge in [-0.3, -0.25) is 0 Å². The van der Waals surface area contributed by atoms with Crippen molar-refractivity contribution in [2.24, 2.45) is 0 Å². The third kappa shape index (κ3) is 3.47. The molecule has 2 N–H and O–H groups in total. The first-order valence-corrected chi connectivity index (χ1v) is 8.85. The molecule has 3 aromatic rings. The van der Waals surface area contributed by atoms with Crippen molar-refractivity contribution in [1.82, 2.24) is 9.97 Å². The molecule has 0 spiro atoms. The summed E-state index contributed by atoms with van der Waals surface area (Å²) in [6.45, 7) is 4.80. The normalized spacial score (nSPS) is 15.8. The zero-order valence-corrected chi connectivity index (χ0v) is 14.7. The predicted octanol–water partition coefficient (Wildman–Crippen LogP) is 3.26. The lowest BCUT2D eigenvalue weighted by Crippen LogP contribution is -2.37. The SMILES string of the molecule is CC(O)c1cccc(Nc2nc(N3CCOCC3)c3ccccc3n2)c1. The lowest BCUT2D eigenvalue weighted by atomic mass is 10.1. The van der Waals surface area contributed by atoms with E-state index in [0.717, 1.165) is 41.1 Å². The number of aliphatic hydroxyl groups is 1. The summed E-state index contributed by atoms with van der Waals surface area (Å²) in [7, 11) is 0. The summed E-state index contributed by atoms with van der Waals surface area (Å²) in [4.78, 5) is 11.7. The smallest absolute Gasteiger partial charge is 0.229 e. The van der Waals surface area contributed by atoms with Crippen LogP contribution in [0.2, 0.25) is 0 Å². The number of aromatic nitrogens is 2. The number of fused-ring (bicyclic) bond motifs is 1. The maximum atomic E-state index is 9.79. The zero-order chi connectivity index (χ0) is 17.9. The van der Waals surface area contributed by atoms with E-state index in [1.54, 1.807) is 6.92 Å². The number of morpholine rings is 1. The summed E-state index contributed by atoms with van der Waals surface area (Å²) in [5, 5.41) is 14.1. The van der Waals surface area contributed by atoms with Gasteiger partial charge in [0.15, 0.2) is 0 Å². The fourth-order valence-corrected chi connectivity index (χ4v) is 3.14. The molecule has 0 bridgehead atoms. The summed E-state index contributed by atoms with van der Waals surface area (Å²) >= 11 is 0. The molecule has 1 aromatic heterocycles.